The van der Waals surface area contributed by atoms with Crippen molar-refractivity contribution in [3.05, 3.63) is 58.4 Å². The number of rotatable bonds is 3. The van der Waals surface area contributed by atoms with E-state index < -0.39 is 5.82 Å². The average molecular weight is 400 g/mol. The van der Waals surface area contributed by atoms with Crippen LogP contribution < -0.4 is 5.32 Å². The summed E-state index contributed by atoms with van der Waals surface area (Å²) in [6, 6.07) is 9.48. The molecule has 2 aromatic carbocycles. The summed E-state index contributed by atoms with van der Waals surface area (Å²) in [4.78, 5) is 31.9. The Bertz CT molecular complexity index is 1010. The summed E-state index contributed by atoms with van der Waals surface area (Å²) in [5, 5.41) is 3.18. The third kappa shape index (κ3) is 3.45. The predicted octanol–water partition coefficient (Wildman–Crippen LogP) is 4.02. The van der Waals surface area contributed by atoms with Gasteiger partial charge in [-0.05, 0) is 43.2 Å². The summed E-state index contributed by atoms with van der Waals surface area (Å²) in [5.41, 5.74) is 3.04. The lowest BCUT2D eigenvalue weighted by molar-refractivity contribution is -0.117. The molecule has 4 rings (SSSR count). The zero-order valence-corrected chi connectivity index (χ0v) is 16.1. The first-order chi connectivity index (χ1) is 13.4. The Hall–Kier alpha value is -2.57. The van der Waals surface area contributed by atoms with Gasteiger partial charge < -0.3 is 5.32 Å². The zero-order chi connectivity index (χ0) is 19.8. The van der Waals surface area contributed by atoms with E-state index in [-0.39, 0.29) is 29.8 Å². The lowest BCUT2D eigenvalue weighted by Gasteiger charge is -2.35. The van der Waals surface area contributed by atoms with Crippen molar-refractivity contribution in [1.82, 2.24) is 4.90 Å². The Morgan fingerprint density at radius 2 is 2.11 bits per heavy atom. The van der Waals surface area contributed by atoms with Crippen molar-refractivity contribution in [3.8, 4) is 0 Å². The van der Waals surface area contributed by atoms with Crippen LogP contribution in [-0.4, -0.2) is 41.9 Å². The number of para-hydroxylation sites is 1. The van der Waals surface area contributed by atoms with E-state index in [9.17, 15) is 14.0 Å². The molecular formula is C21H19ClFN3O2. The number of amides is 1. The van der Waals surface area contributed by atoms with E-state index in [1.807, 2.05) is 11.8 Å². The van der Waals surface area contributed by atoms with Gasteiger partial charge in [-0.3, -0.25) is 19.5 Å². The smallest absolute Gasteiger partial charge is 0.238 e. The molecule has 0 aromatic heterocycles. The number of ketones is 1. The summed E-state index contributed by atoms with van der Waals surface area (Å²) in [6.45, 7) is 2.99. The molecule has 2 aliphatic rings. The van der Waals surface area contributed by atoms with Crippen LogP contribution in [0.1, 0.15) is 22.3 Å². The van der Waals surface area contributed by atoms with Crippen LogP contribution in [0.15, 0.2) is 41.4 Å². The Morgan fingerprint density at radius 1 is 1.32 bits per heavy atom. The summed E-state index contributed by atoms with van der Waals surface area (Å²) < 4.78 is 13.7. The van der Waals surface area contributed by atoms with E-state index in [4.69, 9.17) is 16.6 Å². The van der Waals surface area contributed by atoms with E-state index >= 15 is 0 Å². The van der Waals surface area contributed by atoms with Gasteiger partial charge in [0.25, 0.3) is 0 Å². The van der Waals surface area contributed by atoms with Crippen molar-refractivity contribution in [2.75, 3.05) is 25.0 Å². The fourth-order valence-corrected chi connectivity index (χ4v) is 3.87. The molecule has 0 saturated carbocycles. The highest BCUT2D eigenvalue weighted by atomic mass is 35.5. The number of anilines is 1. The lowest BCUT2D eigenvalue weighted by atomic mass is 9.84. The van der Waals surface area contributed by atoms with Gasteiger partial charge in [-0.25, -0.2) is 4.39 Å². The Labute approximate surface area is 167 Å². The average Bonchev–Trinajstić information content (AvgIpc) is 2.67. The molecule has 1 saturated heterocycles. The molecule has 1 atom stereocenters. The summed E-state index contributed by atoms with van der Waals surface area (Å²) in [5.74, 6) is -1.13. The van der Waals surface area contributed by atoms with Crippen LogP contribution >= 0.6 is 11.6 Å². The first-order valence-electron chi connectivity index (χ1n) is 9.11. The minimum Gasteiger partial charge on any atom is -0.322 e. The van der Waals surface area contributed by atoms with Crippen LogP contribution in [0.5, 0.6) is 0 Å². The molecule has 0 spiro atoms. The van der Waals surface area contributed by atoms with Gasteiger partial charge in [0.15, 0.2) is 5.78 Å². The molecule has 28 heavy (non-hydrogen) atoms. The van der Waals surface area contributed by atoms with Gasteiger partial charge in [-0.15, -0.1) is 0 Å². The Morgan fingerprint density at radius 3 is 2.89 bits per heavy atom. The van der Waals surface area contributed by atoms with E-state index in [1.165, 1.54) is 12.1 Å². The first-order valence-corrected chi connectivity index (χ1v) is 9.49. The van der Waals surface area contributed by atoms with Crippen molar-refractivity contribution in [1.29, 1.82) is 0 Å². The number of carbonyl (C=O) groups is 2. The number of nitrogens with one attached hydrogen (secondary N) is 1. The molecule has 5 nitrogen and oxygen atoms in total. The standard InChI is InChI=1S/C21H19ClFN3O2/c1-12-15(22)7-6-13-20(12)25-17-8-9-26(10-14(17)21(13)28)11-19(27)24-18-5-3-2-4-16(18)23/h2-7,14H,8-11H2,1H3,(H,24,27). The number of Topliss-reactive ketones (excluding diaryl/α,β-unsaturated/α-hetero) is 1. The van der Waals surface area contributed by atoms with Gasteiger partial charge in [0.2, 0.25) is 5.91 Å². The molecule has 1 N–H and O–H groups in total. The number of likely N-dealkylation sites (tertiary alicyclic amines) is 1. The molecule has 0 bridgehead atoms. The molecule has 2 heterocycles. The van der Waals surface area contributed by atoms with Crippen LogP contribution in [0.4, 0.5) is 15.8 Å². The van der Waals surface area contributed by atoms with Crippen molar-refractivity contribution in [2.45, 2.75) is 13.3 Å². The zero-order valence-electron chi connectivity index (χ0n) is 15.3. The minimum atomic E-state index is -0.475. The SMILES string of the molecule is Cc1c(Cl)ccc2c1N=C1CCN(CC(=O)Nc3ccccc3F)CC1C2=O. The molecule has 0 aliphatic carbocycles. The maximum absolute atomic E-state index is 13.7. The number of piperidine rings is 1. The number of benzene rings is 2. The van der Waals surface area contributed by atoms with E-state index in [2.05, 4.69) is 5.32 Å². The summed E-state index contributed by atoms with van der Waals surface area (Å²) in [7, 11) is 0. The molecule has 0 radical (unpaired) electrons. The number of aliphatic imine (C=N–C) groups is 1. The second-order valence-corrected chi connectivity index (χ2v) is 7.51. The van der Waals surface area contributed by atoms with E-state index in [0.717, 1.165) is 11.3 Å². The highest BCUT2D eigenvalue weighted by Gasteiger charge is 2.36. The fourth-order valence-electron chi connectivity index (χ4n) is 3.72. The maximum atomic E-state index is 13.7. The number of carbonyl (C=O) groups excluding carboxylic acids is 2. The van der Waals surface area contributed by atoms with Crippen LogP contribution in [0, 0.1) is 18.7 Å². The number of fused-ring (bicyclic) bond motifs is 2. The van der Waals surface area contributed by atoms with Crippen molar-refractivity contribution in [2.24, 2.45) is 10.9 Å². The predicted molar refractivity (Wildman–Crippen MR) is 107 cm³/mol. The van der Waals surface area contributed by atoms with E-state index in [1.54, 1.807) is 24.3 Å². The minimum absolute atomic E-state index is 0.0129. The molecule has 1 fully saturated rings. The highest BCUT2D eigenvalue weighted by molar-refractivity contribution is 6.32. The van der Waals surface area contributed by atoms with Crippen LogP contribution in [0.2, 0.25) is 5.02 Å². The molecule has 1 amide bonds. The second-order valence-electron chi connectivity index (χ2n) is 7.10. The normalized spacial score (nSPS) is 18.9. The van der Waals surface area contributed by atoms with Crippen LogP contribution in [0.3, 0.4) is 0 Å². The Kier molecular flexibility index (Phi) is 5.00. The quantitative estimate of drug-likeness (QED) is 0.848. The highest BCUT2D eigenvalue weighted by Crippen LogP contribution is 2.37. The Balaban J connectivity index is 1.47. The summed E-state index contributed by atoms with van der Waals surface area (Å²) in [6.07, 6.45) is 0.606. The number of hydrogen-bond donors (Lipinski definition) is 1. The molecule has 2 aromatic rings. The fraction of sp³-hybridized carbons (Fsp3) is 0.286. The molecular weight excluding hydrogens is 381 g/mol. The number of halogens is 2. The van der Waals surface area contributed by atoms with Gasteiger partial charge in [0.05, 0.1) is 23.8 Å². The monoisotopic (exact) mass is 399 g/mol. The van der Waals surface area contributed by atoms with Crippen molar-refractivity contribution in [3.63, 3.8) is 0 Å². The first kappa shape index (κ1) is 18.8. The molecule has 7 heteroatoms. The van der Waals surface area contributed by atoms with Gasteiger partial charge in [-0.1, -0.05) is 23.7 Å². The lowest BCUT2D eigenvalue weighted by Crippen LogP contribution is -2.47. The molecule has 2 aliphatic heterocycles. The van der Waals surface area contributed by atoms with Gasteiger partial charge in [0.1, 0.15) is 5.82 Å². The maximum Gasteiger partial charge on any atom is 0.238 e. The third-order valence-corrected chi connectivity index (χ3v) is 5.65. The topological polar surface area (TPSA) is 61.8 Å². The van der Waals surface area contributed by atoms with Crippen LogP contribution in [0.25, 0.3) is 0 Å². The molecule has 144 valence electrons. The summed E-state index contributed by atoms with van der Waals surface area (Å²) >= 11 is 6.17. The number of nitrogens with zero attached hydrogens (tertiary/aromatic N) is 2. The second kappa shape index (κ2) is 7.45. The van der Waals surface area contributed by atoms with Gasteiger partial charge in [0, 0.05) is 29.4 Å². The van der Waals surface area contributed by atoms with Crippen molar-refractivity contribution < 1.29 is 14.0 Å². The van der Waals surface area contributed by atoms with Crippen molar-refractivity contribution >= 4 is 40.4 Å². The molecule has 1 unspecified atom stereocenters. The van der Waals surface area contributed by atoms with Gasteiger partial charge in [-0.2, -0.15) is 0 Å². The number of hydrogen-bond acceptors (Lipinski definition) is 4. The van der Waals surface area contributed by atoms with Gasteiger partial charge >= 0.3 is 0 Å². The largest absolute Gasteiger partial charge is 0.322 e. The van der Waals surface area contributed by atoms with E-state index in [0.29, 0.717) is 35.8 Å². The third-order valence-electron chi connectivity index (χ3n) is 5.24. The van der Waals surface area contributed by atoms with Crippen LogP contribution in [-0.2, 0) is 4.79 Å².